The molecule has 1 aliphatic rings. The van der Waals surface area contributed by atoms with Crippen LogP contribution in [0.2, 0.25) is 0 Å². The topological polar surface area (TPSA) is 72.0 Å². The molecule has 1 aromatic carbocycles. The van der Waals surface area contributed by atoms with Crippen LogP contribution in [0, 0.1) is 0 Å². The maximum atomic E-state index is 13.1. The van der Waals surface area contributed by atoms with Crippen molar-refractivity contribution in [1.29, 1.82) is 0 Å². The quantitative estimate of drug-likeness (QED) is 0.563. The fourth-order valence-corrected chi connectivity index (χ4v) is 4.29. The van der Waals surface area contributed by atoms with Crippen molar-refractivity contribution in [1.82, 2.24) is 19.7 Å². The molecular weight excluding hydrogens is 440 g/mol. The highest BCUT2D eigenvalue weighted by Gasteiger charge is 2.24. The van der Waals surface area contributed by atoms with E-state index in [1.165, 1.54) is 0 Å². The van der Waals surface area contributed by atoms with Gasteiger partial charge in [-0.2, -0.15) is 0 Å². The molecule has 190 valence electrons. The van der Waals surface area contributed by atoms with E-state index in [-0.39, 0.29) is 11.8 Å². The van der Waals surface area contributed by atoms with Gasteiger partial charge in [0.1, 0.15) is 0 Å². The lowest BCUT2D eigenvalue weighted by molar-refractivity contribution is 0.0743. The normalized spacial score (nSPS) is 13.9. The molecule has 0 saturated carbocycles. The van der Waals surface area contributed by atoms with E-state index in [2.05, 4.69) is 47.8 Å². The molecule has 0 atom stereocenters. The summed E-state index contributed by atoms with van der Waals surface area (Å²) < 4.78 is 0. The molecule has 8 heteroatoms. The van der Waals surface area contributed by atoms with Gasteiger partial charge in [-0.3, -0.25) is 9.59 Å². The van der Waals surface area contributed by atoms with Crippen LogP contribution in [-0.4, -0.2) is 96.9 Å². The van der Waals surface area contributed by atoms with Gasteiger partial charge in [0, 0.05) is 69.7 Å². The predicted octanol–water partition coefficient (Wildman–Crippen LogP) is 3.28. The van der Waals surface area contributed by atoms with Crippen molar-refractivity contribution in [2.45, 2.75) is 33.7 Å². The van der Waals surface area contributed by atoms with E-state index in [1.807, 2.05) is 30.3 Å². The second kappa shape index (κ2) is 12.5. The number of nitrogens with zero attached hydrogens (tertiary/aromatic N) is 5. The number of rotatable bonds is 10. The third kappa shape index (κ3) is 6.94. The van der Waals surface area contributed by atoms with Gasteiger partial charge < -0.3 is 24.9 Å². The monoisotopic (exact) mass is 480 g/mol. The highest BCUT2D eigenvalue weighted by Crippen LogP contribution is 2.25. The zero-order chi connectivity index (χ0) is 25.4. The van der Waals surface area contributed by atoms with Crippen LogP contribution in [0.1, 0.15) is 48.4 Å². The van der Waals surface area contributed by atoms with Crippen molar-refractivity contribution in [3.63, 3.8) is 0 Å². The van der Waals surface area contributed by atoms with Crippen LogP contribution in [0.3, 0.4) is 0 Å². The third-order valence-corrected chi connectivity index (χ3v) is 6.47. The van der Waals surface area contributed by atoms with Gasteiger partial charge in [-0.25, -0.2) is 4.98 Å². The number of benzene rings is 1. The zero-order valence-electron chi connectivity index (χ0n) is 21.8. The minimum absolute atomic E-state index is 0.0000803. The number of carbonyl (C=O) groups excluding carboxylic acids is 2. The van der Waals surface area contributed by atoms with Gasteiger partial charge in [-0.1, -0.05) is 13.8 Å². The lowest BCUT2D eigenvalue weighted by Crippen LogP contribution is -2.49. The Kier molecular flexibility index (Phi) is 9.48. The van der Waals surface area contributed by atoms with Gasteiger partial charge in [0.15, 0.2) is 5.82 Å². The summed E-state index contributed by atoms with van der Waals surface area (Å²) in [6.07, 6.45) is 1.81. The lowest BCUT2D eigenvalue weighted by Gasteiger charge is -2.36. The van der Waals surface area contributed by atoms with E-state index >= 15 is 0 Å². The molecule has 0 aliphatic carbocycles. The highest BCUT2D eigenvalue weighted by molar-refractivity contribution is 5.97. The molecule has 3 rings (SSSR count). The molecule has 35 heavy (non-hydrogen) atoms. The number of piperazine rings is 1. The van der Waals surface area contributed by atoms with Crippen molar-refractivity contribution >= 4 is 23.3 Å². The van der Waals surface area contributed by atoms with Crippen molar-refractivity contribution < 1.29 is 9.59 Å². The molecule has 0 bridgehead atoms. The van der Waals surface area contributed by atoms with Crippen LogP contribution >= 0.6 is 0 Å². The Morgan fingerprint density at radius 1 is 0.971 bits per heavy atom. The van der Waals surface area contributed by atoms with Crippen molar-refractivity contribution in [2.24, 2.45) is 0 Å². The number of aromatic nitrogens is 1. The molecule has 2 heterocycles. The summed E-state index contributed by atoms with van der Waals surface area (Å²) in [6.45, 7) is 14.7. The fraction of sp³-hybridized carbons (Fsp3) is 0.519. The Bertz CT molecular complexity index is 966. The van der Waals surface area contributed by atoms with Gasteiger partial charge >= 0.3 is 0 Å². The molecule has 1 saturated heterocycles. The maximum Gasteiger partial charge on any atom is 0.253 e. The first kappa shape index (κ1) is 26.5. The van der Waals surface area contributed by atoms with Gasteiger partial charge in [-0.05, 0) is 63.3 Å². The largest absolute Gasteiger partial charge is 0.380 e. The molecule has 2 aromatic rings. The number of anilines is 2. The Morgan fingerprint density at radius 3 is 2.20 bits per heavy atom. The van der Waals surface area contributed by atoms with Gasteiger partial charge in [0.2, 0.25) is 0 Å². The first-order valence-electron chi connectivity index (χ1n) is 12.7. The number of likely N-dealkylation sites (N-methyl/N-ethyl adjacent to an activating group) is 2. The molecule has 0 spiro atoms. The SMILES string of the molecule is CCN(CC)CCN(C)C(=O)c1ccc(C(=O)N2CCN(c3ncccc3NC(C)C)CC2)cc1. The number of carbonyl (C=O) groups is 2. The first-order valence-corrected chi connectivity index (χ1v) is 12.7. The van der Waals surface area contributed by atoms with Gasteiger partial charge in [0.05, 0.1) is 5.69 Å². The highest BCUT2D eigenvalue weighted by atomic mass is 16.2. The second-order valence-electron chi connectivity index (χ2n) is 9.28. The zero-order valence-corrected chi connectivity index (χ0v) is 21.8. The Labute approximate surface area is 209 Å². The lowest BCUT2D eigenvalue weighted by atomic mass is 10.1. The third-order valence-electron chi connectivity index (χ3n) is 6.47. The standard InChI is InChI=1S/C27H40N6O2/c1-6-31(7-2)16-15-30(5)26(34)22-10-12-23(13-11-22)27(35)33-19-17-32(18-20-33)25-24(29-21(3)4)9-8-14-28-25/h8-14,21,29H,6-7,15-20H2,1-5H3. The van der Waals surface area contributed by atoms with E-state index in [0.29, 0.717) is 36.8 Å². The molecule has 1 fully saturated rings. The summed E-state index contributed by atoms with van der Waals surface area (Å²) >= 11 is 0. The van der Waals surface area contributed by atoms with Crippen molar-refractivity contribution in [3.8, 4) is 0 Å². The van der Waals surface area contributed by atoms with Crippen LogP contribution in [0.15, 0.2) is 42.6 Å². The number of hydrogen-bond acceptors (Lipinski definition) is 6. The molecule has 2 amide bonds. The summed E-state index contributed by atoms with van der Waals surface area (Å²) in [4.78, 5) is 38.6. The van der Waals surface area contributed by atoms with Gasteiger partial charge in [-0.15, -0.1) is 0 Å². The Morgan fingerprint density at radius 2 is 1.60 bits per heavy atom. The van der Waals surface area contributed by atoms with E-state index in [1.54, 1.807) is 29.2 Å². The molecule has 1 N–H and O–H groups in total. The number of hydrogen-bond donors (Lipinski definition) is 1. The summed E-state index contributed by atoms with van der Waals surface area (Å²) in [5, 5.41) is 3.45. The van der Waals surface area contributed by atoms with E-state index in [4.69, 9.17) is 0 Å². The summed E-state index contributed by atoms with van der Waals surface area (Å²) in [5.41, 5.74) is 2.24. The van der Waals surface area contributed by atoms with Gasteiger partial charge in [0.25, 0.3) is 11.8 Å². The van der Waals surface area contributed by atoms with E-state index in [9.17, 15) is 9.59 Å². The summed E-state index contributed by atoms with van der Waals surface area (Å²) in [7, 11) is 1.83. The number of amides is 2. The predicted molar refractivity (Wildman–Crippen MR) is 142 cm³/mol. The van der Waals surface area contributed by atoms with E-state index in [0.717, 1.165) is 44.2 Å². The minimum atomic E-state index is -0.0223. The summed E-state index contributed by atoms with van der Waals surface area (Å²) in [5.74, 6) is 0.910. The smallest absolute Gasteiger partial charge is 0.253 e. The molecule has 8 nitrogen and oxygen atoms in total. The van der Waals surface area contributed by atoms with Crippen molar-refractivity contribution in [2.75, 3.05) is 69.6 Å². The summed E-state index contributed by atoms with van der Waals surface area (Å²) in [6, 6.07) is 11.4. The fourth-order valence-electron chi connectivity index (χ4n) is 4.29. The van der Waals surface area contributed by atoms with Crippen LogP contribution in [-0.2, 0) is 0 Å². The average Bonchev–Trinajstić information content (AvgIpc) is 2.88. The molecule has 0 radical (unpaired) electrons. The number of nitrogens with one attached hydrogen (secondary N) is 1. The van der Waals surface area contributed by atoms with Crippen LogP contribution < -0.4 is 10.2 Å². The molecular formula is C27H40N6O2. The number of pyridine rings is 1. The minimum Gasteiger partial charge on any atom is -0.380 e. The van der Waals surface area contributed by atoms with Crippen molar-refractivity contribution in [3.05, 3.63) is 53.7 Å². The second-order valence-corrected chi connectivity index (χ2v) is 9.28. The maximum absolute atomic E-state index is 13.1. The molecule has 0 unspecified atom stereocenters. The molecule has 1 aliphatic heterocycles. The Hall–Kier alpha value is -3.13. The van der Waals surface area contributed by atoms with E-state index < -0.39 is 0 Å². The first-order chi connectivity index (χ1) is 16.8. The van der Waals surface area contributed by atoms with Crippen LogP contribution in [0.5, 0.6) is 0 Å². The van der Waals surface area contributed by atoms with Crippen LogP contribution in [0.25, 0.3) is 0 Å². The Balaban J connectivity index is 1.56. The van der Waals surface area contributed by atoms with Crippen LogP contribution in [0.4, 0.5) is 11.5 Å². The molecule has 1 aromatic heterocycles. The average molecular weight is 481 g/mol.